The van der Waals surface area contributed by atoms with Gasteiger partial charge in [0.1, 0.15) is 11.5 Å². The predicted molar refractivity (Wildman–Crippen MR) is 73.8 cm³/mol. The van der Waals surface area contributed by atoms with Crippen molar-refractivity contribution >= 4 is 11.3 Å². The van der Waals surface area contributed by atoms with Gasteiger partial charge >= 0.3 is 0 Å². The van der Waals surface area contributed by atoms with Crippen molar-refractivity contribution in [3.05, 3.63) is 39.8 Å². The minimum Gasteiger partial charge on any atom is -0.497 e. The monoisotopic (exact) mass is 263 g/mol. The van der Waals surface area contributed by atoms with Gasteiger partial charge in [0.15, 0.2) is 0 Å². The zero-order valence-corrected chi connectivity index (χ0v) is 11.7. The Kier molecular flexibility index (Phi) is 4.20. The summed E-state index contributed by atoms with van der Waals surface area (Å²) in [6.07, 6.45) is 1.79. The lowest BCUT2D eigenvalue weighted by atomic mass is 10.1. The molecule has 96 valence electrons. The number of nitrogens with zero attached hydrogens (tertiary/aromatic N) is 1. The molecular formula is C14H17NO2S. The van der Waals surface area contributed by atoms with E-state index in [4.69, 9.17) is 9.47 Å². The third-order valence-electron chi connectivity index (χ3n) is 2.77. The van der Waals surface area contributed by atoms with E-state index in [0.29, 0.717) is 0 Å². The van der Waals surface area contributed by atoms with Crippen molar-refractivity contribution in [3.63, 3.8) is 0 Å². The minimum absolute atomic E-state index is 0.795. The maximum absolute atomic E-state index is 5.39. The molecule has 0 unspecified atom stereocenters. The molecule has 0 aliphatic carbocycles. The van der Waals surface area contributed by atoms with Gasteiger partial charge in [0.25, 0.3) is 0 Å². The molecule has 0 spiro atoms. The highest BCUT2D eigenvalue weighted by Crippen LogP contribution is 2.27. The van der Waals surface area contributed by atoms with E-state index in [9.17, 15) is 0 Å². The van der Waals surface area contributed by atoms with Crippen LogP contribution in [0.15, 0.2) is 23.6 Å². The Hall–Kier alpha value is -1.55. The van der Waals surface area contributed by atoms with Gasteiger partial charge in [-0.1, -0.05) is 13.0 Å². The molecule has 0 N–H and O–H groups in total. The van der Waals surface area contributed by atoms with Crippen molar-refractivity contribution in [1.29, 1.82) is 0 Å². The molecule has 0 amide bonds. The zero-order chi connectivity index (χ0) is 13.0. The van der Waals surface area contributed by atoms with Crippen LogP contribution in [0.2, 0.25) is 0 Å². The van der Waals surface area contributed by atoms with Gasteiger partial charge in [-0.3, -0.25) is 0 Å². The molecule has 3 nitrogen and oxygen atoms in total. The van der Waals surface area contributed by atoms with Gasteiger partial charge < -0.3 is 9.47 Å². The fourth-order valence-electron chi connectivity index (χ4n) is 1.79. The van der Waals surface area contributed by atoms with Crippen LogP contribution in [0.3, 0.4) is 0 Å². The topological polar surface area (TPSA) is 31.4 Å². The van der Waals surface area contributed by atoms with Gasteiger partial charge in [0.2, 0.25) is 0 Å². The number of hydrogen-bond donors (Lipinski definition) is 0. The van der Waals surface area contributed by atoms with Crippen molar-refractivity contribution in [2.24, 2.45) is 0 Å². The molecule has 1 aromatic heterocycles. The fourth-order valence-corrected chi connectivity index (χ4v) is 2.53. The van der Waals surface area contributed by atoms with Gasteiger partial charge in [-0.15, -0.1) is 11.3 Å². The maximum atomic E-state index is 5.39. The Morgan fingerprint density at radius 3 is 2.67 bits per heavy atom. The summed E-state index contributed by atoms with van der Waals surface area (Å²) < 4.78 is 10.6. The Labute approximate surface area is 111 Å². The first kappa shape index (κ1) is 12.9. The lowest BCUT2D eigenvalue weighted by molar-refractivity contribution is 0.391. The second-order valence-electron chi connectivity index (χ2n) is 3.94. The molecule has 0 bridgehead atoms. The Balaban J connectivity index is 2.22. The van der Waals surface area contributed by atoms with Gasteiger partial charge in [0.05, 0.1) is 24.9 Å². The molecule has 2 aromatic rings. The molecule has 0 aliphatic rings. The summed E-state index contributed by atoms with van der Waals surface area (Å²) in [7, 11) is 3.33. The van der Waals surface area contributed by atoms with Gasteiger partial charge in [-0.2, -0.15) is 0 Å². The van der Waals surface area contributed by atoms with Crippen LogP contribution in [0.1, 0.15) is 23.2 Å². The van der Waals surface area contributed by atoms with E-state index in [1.165, 1.54) is 5.01 Å². The average molecular weight is 263 g/mol. The van der Waals surface area contributed by atoms with Crippen LogP contribution in [0.5, 0.6) is 11.5 Å². The highest BCUT2D eigenvalue weighted by atomic mass is 32.1. The molecule has 18 heavy (non-hydrogen) atoms. The molecule has 4 heteroatoms. The molecule has 0 radical (unpaired) electrons. The lowest BCUT2D eigenvalue weighted by Crippen LogP contribution is -1.95. The third-order valence-corrected chi connectivity index (χ3v) is 3.81. The number of thiazole rings is 1. The Morgan fingerprint density at radius 2 is 2.06 bits per heavy atom. The zero-order valence-electron chi connectivity index (χ0n) is 10.9. The van der Waals surface area contributed by atoms with Crippen LogP contribution in [0.4, 0.5) is 0 Å². The lowest BCUT2D eigenvalue weighted by Gasteiger charge is -2.09. The highest BCUT2D eigenvalue weighted by molar-refractivity contribution is 7.09. The highest BCUT2D eigenvalue weighted by Gasteiger charge is 2.08. The van der Waals surface area contributed by atoms with E-state index in [1.807, 2.05) is 18.2 Å². The smallest absolute Gasteiger partial charge is 0.126 e. The van der Waals surface area contributed by atoms with Gasteiger partial charge in [0, 0.05) is 23.4 Å². The van der Waals surface area contributed by atoms with E-state index in [0.717, 1.165) is 35.6 Å². The van der Waals surface area contributed by atoms with Crippen LogP contribution < -0.4 is 9.47 Å². The van der Waals surface area contributed by atoms with Crippen LogP contribution >= 0.6 is 11.3 Å². The average Bonchev–Trinajstić information content (AvgIpc) is 2.87. The summed E-state index contributed by atoms with van der Waals surface area (Å²) in [5.41, 5.74) is 2.23. The molecule has 2 rings (SSSR count). The van der Waals surface area contributed by atoms with Crippen molar-refractivity contribution in [2.75, 3.05) is 14.2 Å². The number of aromatic nitrogens is 1. The van der Waals surface area contributed by atoms with Gasteiger partial charge in [-0.05, 0) is 12.5 Å². The number of methoxy groups -OCH3 is 2. The van der Waals surface area contributed by atoms with Crippen LogP contribution in [-0.4, -0.2) is 19.2 Å². The molecule has 0 atom stereocenters. The normalized spacial score (nSPS) is 10.4. The van der Waals surface area contributed by atoms with E-state index in [1.54, 1.807) is 25.6 Å². The quantitative estimate of drug-likeness (QED) is 0.829. The second-order valence-corrected chi connectivity index (χ2v) is 4.88. The molecule has 0 fully saturated rings. The van der Waals surface area contributed by atoms with Crippen LogP contribution in [0, 0.1) is 0 Å². The SMILES string of the molecule is CCc1nc(Cc2ccc(OC)cc2OC)cs1. The van der Waals surface area contributed by atoms with Crippen LogP contribution in [-0.2, 0) is 12.8 Å². The summed E-state index contributed by atoms with van der Waals surface area (Å²) in [5.74, 6) is 1.66. The number of benzene rings is 1. The summed E-state index contributed by atoms with van der Waals surface area (Å²) in [4.78, 5) is 4.57. The molecule has 1 heterocycles. The van der Waals surface area contributed by atoms with Crippen molar-refractivity contribution in [3.8, 4) is 11.5 Å². The fraction of sp³-hybridized carbons (Fsp3) is 0.357. The maximum Gasteiger partial charge on any atom is 0.126 e. The van der Waals surface area contributed by atoms with E-state index < -0.39 is 0 Å². The minimum atomic E-state index is 0.795. The Bertz CT molecular complexity index is 522. The first-order chi connectivity index (χ1) is 8.76. The molecule has 1 aromatic carbocycles. The third kappa shape index (κ3) is 2.82. The molecular weight excluding hydrogens is 246 g/mol. The number of aryl methyl sites for hydroxylation is 1. The predicted octanol–water partition coefficient (Wildman–Crippen LogP) is 3.31. The first-order valence-electron chi connectivity index (χ1n) is 5.91. The Morgan fingerprint density at radius 1 is 1.22 bits per heavy atom. The van der Waals surface area contributed by atoms with E-state index >= 15 is 0 Å². The number of hydrogen-bond acceptors (Lipinski definition) is 4. The van der Waals surface area contributed by atoms with Crippen LogP contribution in [0.25, 0.3) is 0 Å². The summed E-state index contributed by atoms with van der Waals surface area (Å²) in [6.45, 7) is 2.12. The van der Waals surface area contributed by atoms with Gasteiger partial charge in [-0.25, -0.2) is 4.98 Å². The largest absolute Gasteiger partial charge is 0.497 e. The van der Waals surface area contributed by atoms with Crippen molar-refractivity contribution < 1.29 is 9.47 Å². The standard InChI is InChI=1S/C14H17NO2S/c1-4-14-15-11(9-18-14)7-10-5-6-12(16-2)8-13(10)17-3/h5-6,8-9H,4,7H2,1-3H3. The summed E-state index contributed by atoms with van der Waals surface area (Å²) in [6, 6.07) is 5.88. The van der Waals surface area contributed by atoms with E-state index in [-0.39, 0.29) is 0 Å². The van der Waals surface area contributed by atoms with Crippen molar-refractivity contribution in [2.45, 2.75) is 19.8 Å². The van der Waals surface area contributed by atoms with Crippen molar-refractivity contribution in [1.82, 2.24) is 4.98 Å². The number of rotatable bonds is 5. The first-order valence-corrected chi connectivity index (χ1v) is 6.79. The number of ether oxygens (including phenoxy) is 2. The summed E-state index contributed by atoms with van der Waals surface area (Å²) in [5, 5.41) is 3.29. The molecule has 0 aliphatic heterocycles. The van der Waals surface area contributed by atoms with E-state index in [2.05, 4.69) is 17.3 Å². The molecule has 0 saturated heterocycles. The molecule has 0 saturated carbocycles. The summed E-state index contributed by atoms with van der Waals surface area (Å²) >= 11 is 1.71. The second kappa shape index (κ2) is 5.87.